The number of amides is 1. The molecule has 2 rings (SSSR count). The summed E-state index contributed by atoms with van der Waals surface area (Å²) in [6.07, 6.45) is 1.48. The average molecular weight is 332 g/mol. The molecule has 0 atom stereocenters. The molecule has 130 valence electrons. The molecule has 0 aliphatic carbocycles. The Morgan fingerprint density at radius 1 is 1.25 bits per heavy atom. The molecule has 0 aromatic carbocycles. The van der Waals surface area contributed by atoms with Gasteiger partial charge in [0.2, 0.25) is 5.88 Å². The molecule has 24 heavy (non-hydrogen) atoms. The highest BCUT2D eigenvalue weighted by Gasteiger charge is 2.25. The van der Waals surface area contributed by atoms with Gasteiger partial charge in [-0.25, -0.2) is 9.97 Å². The predicted octanol–water partition coefficient (Wildman–Crippen LogP) is 1.22. The number of piperazine rings is 1. The molecule has 1 aliphatic heterocycles. The van der Waals surface area contributed by atoms with Crippen LogP contribution in [0.25, 0.3) is 0 Å². The van der Waals surface area contributed by atoms with E-state index in [0.717, 1.165) is 5.82 Å². The second kappa shape index (κ2) is 7.85. The number of hydrogen-bond acceptors (Lipinski definition) is 7. The molecule has 1 saturated heterocycles. The average Bonchev–Trinajstić information content (AvgIpc) is 2.59. The van der Waals surface area contributed by atoms with Crippen LogP contribution in [0.2, 0.25) is 0 Å². The Bertz CT molecular complexity index is 623. The highest BCUT2D eigenvalue weighted by molar-refractivity contribution is 6.64. The topological polar surface area (TPSA) is 106 Å². The van der Waals surface area contributed by atoms with Crippen LogP contribution in [0.3, 0.4) is 0 Å². The van der Waals surface area contributed by atoms with Crippen molar-refractivity contribution in [2.24, 2.45) is 5.92 Å². The van der Waals surface area contributed by atoms with Crippen LogP contribution in [0, 0.1) is 16.7 Å². The van der Waals surface area contributed by atoms with Gasteiger partial charge >= 0.3 is 0 Å². The molecular weight excluding hydrogens is 308 g/mol. The number of hydrogen-bond donors (Lipinski definition) is 2. The van der Waals surface area contributed by atoms with E-state index in [2.05, 4.69) is 28.7 Å². The summed E-state index contributed by atoms with van der Waals surface area (Å²) < 4.78 is 5.62. The molecule has 1 amide bonds. The van der Waals surface area contributed by atoms with E-state index in [4.69, 9.17) is 15.6 Å². The van der Waals surface area contributed by atoms with Crippen molar-refractivity contribution in [3.8, 4) is 5.88 Å². The molecule has 0 radical (unpaired) electrons. The number of carbonyl (C=O) groups is 1. The first-order valence-electron chi connectivity index (χ1n) is 8.01. The predicted molar refractivity (Wildman–Crippen MR) is 92.3 cm³/mol. The van der Waals surface area contributed by atoms with Crippen molar-refractivity contribution in [1.82, 2.24) is 14.9 Å². The van der Waals surface area contributed by atoms with E-state index in [9.17, 15) is 4.79 Å². The van der Waals surface area contributed by atoms with E-state index in [1.54, 1.807) is 4.90 Å². The SMILES string of the molecule is CC(=N)C(=N)C(=O)N1CCN(c2cc(OCC(C)C)ncn2)CC1. The van der Waals surface area contributed by atoms with Gasteiger partial charge in [0.25, 0.3) is 5.91 Å². The Labute approximate surface area is 141 Å². The van der Waals surface area contributed by atoms with Gasteiger partial charge in [-0.15, -0.1) is 0 Å². The first-order valence-corrected chi connectivity index (χ1v) is 8.01. The summed E-state index contributed by atoms with van der Waals surface area (Å²) in [5.74, 6) is 1.36. The summed E-state index contributed by atoms with van der Waals surface area (Å²) in [6, 6.07) is 1.81. The Hall–Kier alpha value is -2.51. The zero-order valence-electron chi connectivity index (χ0n) is 14.4. The summed E-state index contributed by atoms with van der Waals surface area (Å²) in [5, 5.41) is 15.0. The number of rotatable bonds is 6. The standard InChI is InChI=1S/C16H24N6O2/c1-11(2)9-24-14-8-13(19-10-20-14)21-4-6-22(7-5-21)16(23)15(18)12(3)17/h8,10-11,17-18H,4-7,9H2,1-3H3. The molecule has 1 aliphatic rings. The van der Waals surface area contributed by atoms with Crippen molar-refractivity contribution in [3.63, 3.8) is 0 Å². The lowest BCUT2D eigenvalue weighted by molar-refractivity contribution is -0.124. The van der Waals surface area contributed by atoms with Crippen molar-refractivity contribution >= 4 is 23.1 Å². The van der Waals surface area contributed by atoms with Crippen LogP contribution in [0.15, 0.2) is 12.4 Å². The lowest BCUT2D eigenvalue weighted by Crippen LogP contribution is -2.51. The van der Waals surface area contributed by atoms with Crippen LogP contribution in [0.4, 0.5) is 5.82 Å². The first kappa shape index (κ1) is 17.8. The molecule has 8 nitrogen and oxygen atoms in total. The fourth-order valence-electron chi connectivity index (χ4n) is 2.29. The quantitative estimate of drug-likeness (QED) is 0.762. The minimum absolute atomic E-state index is 0.00910. The minimum atomic E-state index is -0.384. The fraction of sp³-hybridized carbons (Fsp3) is 0.562. The van der Waals surface area contributed by atoms with Crippen LogP contribution >= 0.6 is 0 Å². The third-order valence-corrected chi connectivity index (χ3v) is 3.67. The Kier molecular flexibility index (Phi) is 5.83. The third kappa shape index (κ3) is 4.50. The van der Waals surface area contributed by atoms with Crippen LogP contribution in [-0.4, -0.2) is 65.0 Å². The van der Waals surface area contributed by atoms with Gasteiger partial charge < -0.3 is 19.9 Å². The van der Waals surface area contributed by atoms with Crippen molar-refractivity contribution in [3.05, 3.63) is 12.4 Å². The van der Waals surface area contributed by atoms with Gasteiger partial charge in [0.05, 0.1) is 12.3 Å². The third-order valence-electron chi connectivity index (χ3n) is 3.67. The number of carbonyl (C=O) groups excluding carboxylic acids is 1. The maximum atomic E-state index is 12.1. The summed E-state index contributed by atoms with van der Waals surface area (Å²) in [7, 11) is 0. The molecule has 1 fully saturated rings. The van der Waals surface area contributed by atoms with Gasteiger partial charge in [0, 0.05) is 32.2 Å². The number of ether oxygens (including phenoxy) is 1. The van der Waals surface area contributed by atoms with Gasteiger partial charge in [0.1, 0.15) is 17.9 Å². The minimum Gasteiger partial charge on any atom is -0.477 e. The van der Waals surface area contributed by atoms with E-state index in [0.29, 0.717) is 44.6 Å². The molecule has 1 aromatic heterocycles. The maximum absolute atomic E-state index is 12.1. The van der Waals surface area contributed by atoms with E-state index < -0.39 is 0 Å². The number of aromatic nitrogens is 2. The van der Waals surface area contributed by atoms with Crippen LogP contribution in [0.1, 0.15) is 20.8 Å². The summed E-state index contributed by atoms with van der Waals surface area (Å²) >= 11 is 0. The monoisotopic (exact) mass is 332 g/mol. The highest BCUT2D eigenvalue weighted by atomic mass is 16.5. The van der Waals surface area contributed by atoms with Gasteiger partial charge in [-0.2, -0.15) is 0 Å². The van der Waals surface area contributed by atoms with Crippen LogP contribution in [-0.2, 0) is 4.79 Å². The number of nitrogens with one attached hydrogen (secondary N) is 2. The molecule has 0 unspecified atom stereocenters. The van der Waals surface area contributed by atoms with E-state index >= 15 is 0 Å². The van der Waals surface area contributed by atoms with Gasteiger partial charge in [-0.1, -0.05) is 13.8 Å². The number of nitrogens with zero attached hydrogens (tertiary/aromatic N) is 4. The van der Waals surface area contributed by atoms with Gasteiger partial charge in [-0.05, 0) is 12.8 Å². The van der Waals surface area contributed by atoms with Crippen molar-refractivity contribution in [1.29, 1.82) is 10.8 Å². The molecule has 2 heterocycles. The highest BCUT2D eigenvalue weighted by Crippen LogP contribution is 2.18. The van der Waals surface area contributed by atoms with Crippen molar-refractivity contribution < 1.29 is 9.53 Å². The lowest BCUT2D eigenvalue weighted by Gasteiger charge is -2.35. The van der Waals surface area contributed by atoms with Crippen molar-refractivity contribution in [2.75, 3.05) is 37.7 Å². The van der Waals surface area contributed by atoms with Gasteiger partial charge in [-0.3, -0.25) is 10.2 Å². The number of anilines is 1. The lowest BCUT2D eigenvalue weighted by atomic mass is 10.2. The van der Waals surface area contributed by atoms with E-state index in [1.807, 2.05) is 6.07 Å². The summed E-state index contributed by atoms with van der Waals surface area (Å²) in [5.41, 5.74) is -0.250. The maximum Gasteiger partial charge on any atom is 0.273 e. The zero-order valence-corrected chi connectivity index (χ0v) is 14.4. The molecule has 0 spiro atoms. The summed E-state index contributed by atoms with van der Waals surface area (Å²) in [4.78, 5) is 24.1. The second-order valence-corrected chi connectivity index (χ2v) is 6.20. The van der Waals surface area contributed by atoms with E-state index in [1.165, 1.54) is 13.3 Å². The molecule has 8 heteroatoms. The molecular formula is C16H24N6O2. The van der Waals surface area contributed by atoms with Crippen LogP contribution < -0.4 is 9.64 Å². The van der Waals surface area contributed by atoms with E-state index in [-0.39, 0.29) is 17.3 Å². The Morgan fingerprint density at radius 2 is 1.92 bits per heavy atom. The normalized spacial score (nSPS) is 14.7. The zero-order chi connectivity index (χ0) is 17.7. The van der Waals surface area contributed by atoms with Crippen molar-refractivity contribution in [2.45, 2.75) is 20.8 Å². The van der Waals surface area contributed by atoms with Gasteiger partial charge in [0.15, 0.2) is 0 Å². The van der Waals surface area contributed by atoms with Crippen LogP contribution in [0.5, 0.6) is 5.88 Å². The molecule has 0 bridgehead atoms. The Morgan fingerprint density at radius 3 is 2.50 bits per heavy atom. The first-order chi connectivity index (χ1) is 11.4. The second-order valence-electron chi connectivity index (χ2n) is 6.20. The Balaban J connectivity index is 1.95. The molecule has 2 N–H and O–H groups in total. The molecule has 1 aromatic rings. The fourth-order valence-corrected chi connectivity index (χ4v) is 2.29. The summed E-state index contributed by atoms with van der Waals surface area (Å²) in [6.45, 7) is 8.45. The smallest absolute Gasteiger partial charge is 0.273 e. The molecule has 0 saturated carbocycles. The largest absolute Gasteiger partial charge is 0.477 e.